The number of amides is 1. The van der Waals surface area contributed by atoms with Crippen LogP contribution in [0.2, 0.25) is 0 Å². The number of anilines is 1. The van der Waals surface area contributed by atoms with E-state index in [4.69, 9.17) is 0 Å². The molecule has 0 saturated carbocycles. The second-order valence-corrected chi connectivity index (χ2v) is 5.58. The Morgan fingerprint density at radius 3 is 2.55 bits per heavy atom. The Balaban J connectivity index is 1.94. The van der Waals surface area contributed by atoms with E-state index < -0.39 is 11.7 Å². The first-order valence-corrected chi connectivity index (χ1v) is 6.78. The highest BCUT2D eigenvalue weighted by molar-refractivity contribution is 7.99. The first-order chi connectivity index (χ1) is 9.56. The molecule has 20 heavy (non-hydrogen) atoms. The van der Waals surface area contributed by atoms with Gasteiger partial charge in [0.05, 0.1) is 11.3 Å². The lowest BCUT2D eigenvalue weighted by Gasteiger charge is -2.10. The number of rotatable bonds is 2. The van der Waals surface area contributed by atoms with Gasteiger partial charge in [-0.2, -0.15) is 0 Å². The number of fused-ring (bicyclic) bond motifs is 1. The predicted octanol–water partition coefficient (Wildman–Crippen LogP) is 3.14. The maximum Gasteiger partial charge on any atom is 0.299 e. The van der Waals surface area contributed by atoms with Gasteiger partial charge in [0.15, 0.2) is 0 Å². The van der Waals surface area contributed by atoms with Crippen molar-refractivity contribution in [2.24, 2.45) is 0 Å². The topological polar surface area (TPSA) is 37.4 Å². The molecule has 0 unspecified atom stereocenters. The summed E-state index contributed by atoms with van der Waals surface area (Å²) < 4.78 is 13.1. The van der Waals surface area contributed by atoms with Crippen molar-refractivity contribution < 1.29 is 14.0 Å². The van der Waals surface area contributed by atoms with E-state index in [1.165, 1.54) is 28.8 Å². The summed E-state index contributed by atoms with van der Waals surface area (Å²) in [5.74, 6) is -1.30. The van der Waals surface area contributed by atoms with Gasteiger partial charge in [-0.1, -0.05) is 17.8 Å². The average molecular weight is 287 g/mol. The van der Waals surface area contributed by atoms with Crippen LogP contribution in [0.5, 0.6) is 0 Å². The highest BCUT2D eigenvalue weighted by atomic mass is 32.2. The number of halogens is 1. The summed E-state index contributed by atoms with van der Waals surface area (Å²) in [7, 11) is 1.57. The maximum absolute atomic E-state index is 13.1. The van der Waals surface area contributed by atoms with Crippen molar-refractivity contribution >= 4 is 29.1 Å². The summed E-state index contributed by atoms with van der Waals surface area (Å²) in [6, 6.07) is 11.5. The van der Waals surface area contributed by atoms with Gasteiger partial charge in [0, 0.05) is 16.8 Å². The lowest BCUT2D eigenvalue weighted by Crippen LogP contribution is -2.24. The van der Waals surface area contributed by atoms with Crippen LogP contribution >= 0.6 is 11.8 Å². The zero-order valence-corrected chi connectivity index (χ0v) is 11.4. The van der Waals surface area contributed by atoms with Crippen molar-refractivity contribution in [1.29, 1.82) is 0 Å². The summed E-state index contributed by atoms with van der Waals surface area (Å²) >= 11 is 1.38. The van der Waals surface area contributed by atoms with E-state index in [0.29, 0.717) is 11.3 Å². The lowest BCUT2D eigenvalue weighted by atomic mass is 10.1. The van der Waals surface area contributed by atoms with Crippen LogP contribution in [-0.2, 0) is 4.79 Å². The van der Waals surface area contributed by atoms with Crippen LogP contribution < -0.4 is 4.90 Å². The van der Waals surface area contributed by atoms with E-state index in [1.807, 2.05) is 0 Å². The number of benzene rings is 2. The third-order valence-electron chi connectivity index (χ3n) is 3.11. The molecule has 0 aliphatic carbocycles. The summed E-state index contributed by atoms with van der Waals surface area (Å²) in [6.07, 6.45) is 0. The van der Waals surface area contributed by atoms with Gasteiger partial charge in [0.2, 0.25) is 0 Å². The van der Waals surface area contributed by atoms with Crippen LogP contribution in [0.3, 0.4) is 0 Å². The molecule has 0 saturated heterocycles. The summed E-state index contributed by atoms with van der Waals surface area (Å²) in [6.45, 7) is 0. The van der Waals surface area contributed by atoms with Crippen molar-refractivity contribution in [3.63, 3.8) is 0 Å². The normalized spacial score (nSPS) is 13.8. The molecular formula is C15H10FNO2S. The number of Topliss-reactive ketones (excluding diaryl/α,β-unsaturated/α-hetero) is 1. The SMILES string of the molecule is CN1C(=O)C(=O)c2ccc(Sc3cccc(F)c3)cc21. The van der Waals surface area contributed by atoms with Crippen molar-refractivity contribution in [2.75, 3.05) is 11.9 Å². The Hall–Kier alpha value is -2.14. The highest BCUT2D eigenvalue weighted by Crippen LogP contribution is 2.35. The van der Waals surface area contributed by atoms with Crippen LogP contribution in [0.25, 0.3) is 0 Å². The fourth-order valence-electron chi connectivity index (χ4n) is 2.09. The van der Waals surface area contributed by atoms with Gasteiger partial charge in [-0.3, -0.25) is 9.59 Å². The van der Waals surface area contributed by atoms with Crippen LogP contribution in [0.4, 0.5) is 10.1 Å². The molecule has 1 aliphatic heterocycles. The monoisotopic (exact) mass is 287 g/mol. The standard InChI is InChI=1S/C15H10FNO2S/c1-17-13-8-11(5-6-12(13)14(18)15(17)19)20-10-4-2-3-9(16)7-10/h2-8H,1H3. The molecule has 0 spiro atoms. The molecule has 0 N–H and O–H groups in total. The molecule has 5 heteroatoms. The van der Waals surface area contributed by atoms with Crippen LogP contribution in [0.15, 0.2) is 52.3 Å². The van der Waals surface area contributed by atoms with E-state index >= 15 is 0 Å². The van der Waals surface area contributed by atoms with E-state index in [2.05, 4.69) is 0 Å². The Bertz CT molecular complexity index is 730. The smallest absolute Gasteiger partial charge is 0.299 e. The maximum atomic E-state index is 13.1. The molecule has 1 heterocycles. The number of likely N-dealkylation sites (N-methyl/N-ethyl adjacent to an activating group) is 1. The summed E-state index contributed by atoms with van der Waals surface area (Å²) in [5.41, 5.74) is 1.02. The molecule has 1 aliphatic rings. The first kappa shape index (κ1) is 12.9. The fraction of sp³-hybridized carbons (Fsp3) is 0.0667. The minimum absolute atomic E-state index is 0.293. The molecule has 0 fully saturated rings. The molecular weight excluding hydrogens is 277 g/mol. The Labute approximate surface area is 119 Å². The fourth-order valence-corrected chi connectivity index (χ4v) is 2.98. The van der Waals surface area contributed by atoms with Gasteiger partial charge < -0.3 is 4.90 Å². The molecule has 2 aromatic carbocycles. The van der Waals surface area contributed by atoms with Crippen LogP contribution in [-0.4, -0.2) is 18.7 Å². The zero-order valence-electron chi connectivity index (χ0n) is 10.6. The van der Waals surface area contributed by atoms with Gasteiger partial charge in [-0.05, 0) is 36.4 Å². The van der Waals surface area contributed by atoms with Gasteiger partial charge in [-0.15, -0.1) is 0 Å². The van der Waals surface area contributed by atoms with Crippen molar-refractivity contribution in [3.05, 3.63) is 53.8 Å². The number of hydrogen-bond donors (Lipinski definition) is 0. The van der Waals surface area contributed by atoms with Crippen LogP contribution in [0, 0.1) is 5.82 Å². The minimum atomic E-state index is -0.520. The zero-order chi connectivity index (χ0) is 14.3. The number of ketones is 1. The molecule has 0 radical (unpaired) electrons. The Kier molecular flexibility index (Phi) is 3.06. The molecule has 1 amide bonds. The first-order valence-electron chi connectivity index (χ1n) is 5.96. The molecule has 3 rings (SSSR count). The average Bonchev–Trinajstić information content (AvgIpc) is 2.64. The van der Waals surface area contributed by atoms with Gasteiger partial charge in [0.1, 0.15) is 5.82 Å². The largest absolute Gasteiger partial charge is 0.308 e. The Morgan fingerprint density at radius 1 is 1.05 bits per heavy atom. The number of nitrogens with zero attached hydrogens (tertiary/aromatic N) is 1. The number of hydrogen-bond acceptors (Lipinski definition) is 3. The lowest BCUT2D eigenvalue weighted by molar-refractivity contribution is -0.114. The van der Waals surface area contributed by atoms with Gasteiger partial charge in [-0.25, -0.2) is 4.39 Å². The molecule has 0 atom stereocenters. The highest BCUT2D eigenvalue weighted by Gasteiger charge is 2.33. The molecule has 2 aromatic rings. The molecule has 100 valence electrons. The second kappa shape index (κ2) is 4.76. The predicted molar refractivity (Wildman–Crippen MR) is 74.7 cm³/mol. The van der Waals surface area contributed by atoms with Crippen molar-refractivity contribution in [1.82, 2.24) is 0 Å². The van der Waals surface area contributed by atoms with Gasteiger partial charge >= 0.3 is 0 Å². The molecule has 0 bridgehead atoms. The number of carbonyl (C=O) groups is 2. The van der Waals surface area contributed by atoms with E-state index in [9.17, 15) is 14.0 Å². The summed E-state index contributed by atoms with van der Waals surface area (Å²) in [4.78, 5) is 26.2. The Morgan fingerprint density at radius 2 is 1.80 bits per heavy atom. The third-order valence-corrected chi connectivity index (χ3v) is 4.09. The van der Waals surface area contributed by atoms with E-state index in [0.717, 1.165) is 9.79 Å². The quantitative estimate of drug-likeness (QED) is 0.796. The van der Waals surface area contributed by atoms with E-state index in [1.54, 1.807) is 37.4 Å². The molecule has 0 aromatic heterocycles. The third kappa shape index (κ3) is 2.10. The van der Waals surface area contributed by atoms with Gasteiger partial charge in [0.25, 0.3) is 11.7 Å². The van der Waals surface area contributed by atoms with E-state index in [-0.39, 0.29) is 5.82 Å². The van der Waals surface area contributed by atoms with Crippen LogP contribution in [0.1, 0.15) is 10.4 Å². The minimum Gasteiger partial charge on any atom is -0.308 e. The molecule has 3 nitrogen and oxygen atoms in total. The second-order valence-electron chi connectivity index (χ2n) is 4.43. The van der Waals surface area contributed by atoms with Crippen molar-refractivity contribution in [2.45, 2.75) is 9.79 Å². The number of carbonyl (C=O) groups excluding carboxylic acids is 2. The van der Waals surface area contributed by atoms with Crippen molar-refractivity contribution in [3.8, 4) is 0 Å². The summed E-state index contributed by atoms with van der Waals surface area (Å²) in [5, 5.41) is 0.